The van der Waals surface area contributed by atoms with E-state index < -0.39 is 15.8 Å². The number of anilines is 1. The molecule has 1 N–H and O–H groups in total. The van der Waals surface area contributed by atoms with Crippen LogP contribution in [-0.2, 0) is 14.6 Å². The van der Waals surface area contributed by atoms with Crippen molar-refractivity contribution in [2.24, 2.45) is 5.92 Å². The van der Waals surface area contributed by atoms with E-state index in [1.165, 1.54) is 6.26 Å². The molecule has 0 radical (unpaired) electrons. The summed E-state index contributed by atoms with van der Waals surface area (Å²) in [6, 6.07) is 3.18. The van der Waals surface area contributed by atoms with E-state index >= 15 is 0 Å². The molecule has 21 heavy (non-hydrogen) atoms. The lowest BCUT2D eigenvalue weighted by molar-refractivity contribution is -0.137. The van der Waals surface area contributed by atoms with Crippen LogP contribution in [0, 0.1) is 5.92 Å². The van der Waals surface area contributed by atoms with Crippen LogP contribution in [0.4, 0.5) is 5.82 Å². The molecule has 1 fully saturated rings. The summed E-state index contributed by atoms with van der Waals surface area (Å²) < 4.78 is 23.7. The summed E-state index contributed by atoms with van der Waals surface area (Å²) in [5.41, 5.74) is 0. The molecule has 7 heteroatoms. The maximum absolute atomic E-state index is 11.8. The number of rotatable bonds is 5. The second-order valence-corrected chi connectivity index (χ2v) is 7.47. The van der Waals surface area contributed by atoms with Crippen molar-refractivity contribution in [3.63, 3.8) is 0 Å². The molecular formula is C14H20N2O4S. The molecule has 0 aromatic carbocycles. The van der Waals surface area contributed by atoms with Crippen molar-refractivity contribution < 1.29 is 18.3 Å². The van der Waals surface area contributed by atoms with Crippen LogP contribution in [-0.4, -0.2) is 43.8 Å². The Kier molecular flexibility index (Phi) is 4.82. The van der Waals surface area contributed by atoms with Gasteiger partial charge in [-0.2, -0.15) is 0 Å². The smallest absolute Gasteiger partial charge is 0.303 e. The van der Waals surface area contributed by atoms with Crippen molar-refractivity contribution in [1.29, 1.82) is 0 Å². The highest BCUT2D eigenvalue weighted by Crippen LogP contribution is 2.28. The Labute approximate surface area is 124 Å². The van der Waals surface area contributed by atoms with E-state index in [-0.39, 0.29) is 17.2 Å². The average Bonchev–Trinajstić information content (AvgIpc) is 2.44. The van der Waals surface area contributed by atoms with Gasteiger partial charge in [-0.25, -0.2) is 13.4 Å². The third-order valence-electron chi connectivity index (χ3n) is 3.74. The van der Waals surface area contributed by atoms with Crippen LogP contribution in [0.3, 0.4) is 0 Å². The number of aromatic nitrogens is 1. The maximum Gasteiger partial charge on any atom is 0.303 e. The zero-order valence-electron chi connectivity index (χ0n) is 12.0. The molecule has 1 unspecified atom stereocenters. The highest BCUT2D eigenvalue weighted by molar-refractivity contribution is 7.90. The minimum atomic E-state index is -3.32. The van der Waals surface area contributed by atoms with Crippen molar-refractivity contribution in [3.05, 3.63) is 18.3 Å². The fourth-order valence-corrected chi connectivity index (χ4v) is 3.57. The SMILES string of the molecule is CS(=O)(=O)c1cccnc1N1CCCC(CCC(=O)O)C1. The Balaban J connectivity index is 2.17. The molecule has 1 saturated heterocycles. The lowest BCUT2D eigenvalue weighted by Crippen LogP contribution is -2.37. The predicted octanol–water partition coefficient (Wildman–Crippen LogP) is 1.57. The number of hydrogen-bond acceptors (Lipinski definition) is 5. The summed E-state index contributed by atoms with van der Waals surface area (Å²) >= 11 is 0. The Morgan fingerprint density at radius 3 is 2.95 bits per heavy atom. The van der Waals surface area contributed by atoms with Gasteiger partial charge in [0, 0.05) is 32.0 Å². The van der Waals surface area contributed by atoms with E-state index in [2.05, 4.69) is 4.98 Å². The zero-order chi connectivity index (χ0) is 15.5. The number of carboxylic acids is 1. The van der Waals surface area contributed by atoms with Gasteiger partial charge in [0.2, 0.25) is 0 Å². The number of carboxylic acid groups (broad SMARTS) is 1. The van der Waals surface area contributed by atoms with Gasteiger partial charge in [-0.15, -0.1) is 0 Å². The lowest BCUT2D eigenvalue weighted by atomic mass is 9.93. The molecule has 1 atom stereocenters. The molecule has 0 saturated carbocycles. The van der Waals surface area contributed by atoms with Crippen LogP contribution in [0.15, 0.2) is 23.2 Å². The monoisotopic (exact) mass is 312 g/mol. The molecule has 1 aliphatic heterocycles. The van der Waals surface area contributed by atoms with Gasteiger partial charge in [-0.3, -0.25) is 4.79 Å². The third-order valence-corrected chi connectivity index (χ3v) is 4.85. The van der Waals surface area contributed by atoms with Crippen LogP contribution in [0.25, 0.3) is 0 Å². The topological polar surface area (TPSA) is 87.6 Å². The quantitative estimate of drug-likeness (QED) is 0.888. The maximum atomic E-state index is 11.8. The summed E-state index contributed by atoms with van der Waals surface area (Å²) in [7, 11) is -3.32. The van der Waals surface area contributed by atoms with Crippen molar-refractivity contribution in [1.82, 2.24) is 4.98 Å². The first-order valence-electron chi connectivity index (χ1n) is 6.99. The lowest BCUT2D eigenvalue weighted by Gasteiger charge is -2.34. The Morgan fingerprint density at radius 1 is 1.52 bits per heavy atom. The number of pyridine rings is 1. The summed E-state index contributed by atoms with van der Waals surface area (Å²) in [6.07, 6.45) is 5.44. The van der Waals surface area contributed by atoms with E-state index in [9.17, 15) is 13.2 Å². The van der Waals surface area contributed by atoms with E-state index in [0.717, 1.165) is 19.4 Å². The largest absolute Gasteiger partial charge is 0.481 e. The first-order chi connectivity index (χ1) is 9.88. The summed E-state index contributed by atoms with van der Waals surface area (Å²) in [4.78, 5) is 17.1. The summed E-state index contributed by atoms with van der Waals surface area (Å²) in [6.45, 7) is 1.41. The summed E-state index contributed by atoms with van der Waals surface area (Å²) in [5.74, 6) is -0.0360. The molecule has 0 amide bonds. The van der Waals surface area contributed by atoms with Crippen molar-refractivity contribution >= 4 is 21.6 Å². The molecule has 0 spiro atoms. The number of nitrogens with zero attached hydrogens (tertiary/aromatic N) is 2. The van der Waals surface area contributed by atoms with Gasteiger partial charge in [-0.05, 0) is 37.3 Å². The first kappa shape index (κ1) is 15.8. The van der Waals surface area contributed by atoms with Gasteiger partial charge in [-0.1, -0.05) is 0 Å². The van der Waals surface area contributed by atoms with Gasteiger partial charge in [0.25, 0.3) is 0 Å². The minimum absolute atomic E-state index is 0.152. The van der Waals surface area contributed by atoms with Crippen LogP contribution >= 0.6 is 0 Å². The zero-order valence-corrected chi connectivity index (χ0v) is 12.8. The van der Waals surface area contributed by atoms with Gasteiger partial charge in [0.1, 0.15) is 10.7 Å². The fraction of sp³-hybridized carbons (Fsp3) is 0.571. The number of hydrogen-bond donors (Lipinski definition) is 1. The number of piperidine rings is 1. The number of aliphatic carboxylic acids is 1. The van der Waals surface area contributed by atoms with Crippen molar-refractivity contribution in [2.45, 2.75) is 30.6 Å². The molecular weight excluding hydrogens is 292 g/mol. The highest BCUT2D eigenvalue weighted by atomic mass is 32.2. The minimum Gasteiger partial charge on any atom is -0.481 e. The Bertz CT molecular complexity index is 615. The van der Waals surface area contributed by atoms with E-state index in [4.69, 9.17) is 5.11 Å². The van der Waals surface area contributed by atoms with E-state index in [0.29, 0.717) is 18.8 Å². The molecule has 2 heterocycles. The first-order valence-corrected chi connectivity index (χ1v) is 8.89. The van der Waals surface area contributed by atoms with Crippen LogP contribution in [0.5, 0.6) is 0 Å². The molecule has 6 nitrogen and oxygen atoms in total. The highest BCUT2D eigenvalue weighted by Gasteiger charge is 2.25. The standard InChI is InChI=1S/C14H20N2O4S/c1-21(19,20)12-5-2-8-15-14(12)16-9-3-4-11(10-16)6-7-13(17)18/h2,5,8,11H,3-4,6-7,9-10H2,1H3,(H,17,18). The van der Waals surface area contributed by atoms with Crippen LogP contribution < -0.4 is 4.90 Å². The second-order valence-electron chi connectivity index (χ2n) is 5.48. The molecule has 1 aromatic rings. The molecule has 1 aromatic heterocycles. The van der Waals surface area contributed by atoms with E-state index in [1.807, 2.05) is 4.90 Å². The predicted molar refractivity (Wildman–Crippen MR) is 79.2 cm³/mol. The Hall–Kier alpha value is -1.63. The van der Waals surface area contributed by atoms with Gasteiger partial charge in [0.15, 0.2) is 9.84 Å². The second kappa shape index (κ2) is 6.43. The normalized spacial score (nSPS) is 19.5. The van der Waals surface area contributed by atoms with Gasteiger partial charge >= 0.3 is 5.97 Å². The van der Waals surface area contributed by atoms with Gasteiger partial charge < -0.3 is 10.0 Å². The summed E-state index contributed by atoms with van der Waals surface area (Å²) in [5, 5.41) is 8.77. The van der Waals surface area contributed by atoms with Gasteiger partial charge in [0.05, 0.1) is 0 Å². The number of carbonyl (C=O) groups is 1. The molecule has 116 valence electrons. The Morgan fingerprint density at radius 2 is 2.29 bits per heavy atom. The van der Waals surface area contributed by atoms with Crippen LogP contribution in [0.2, 0.25) is 0 Å². The fourth-order valence-electron chi connectivity index (χ4n) is 2.73. The number of sulfone groups is 1. The van der Waals surface area contributed by atoms with Crippen molar-refractivity contribution in [2.75, 3.05) is 24.2 Å². The third kappa shape index (κ3) is 4.17. The van der Waals surface area contributed by atoms with E-state index in [1.54, 1.807) is 18.3 Å². The van der Waals surface area contributed by atoms with Crippen LogP contribution in [0.1, 0.15) is 25.7 Å². The molecule has 1 aliphatic rings. The van der Waals surface area contributed by atoms with Crippen molar-refractivity contribution in [3.8, 4) is 0 Å². The molecule has 0 bridgehead atoms. The molecule has 0 aliphatic carbocycles. The average molecular weight is 312 g/mol. The molecule has 2 rings (SSSR count).